The summed E-state index contributed by atoms with van der Waals surface area (Å²) >= 11 is 11.5. The molecule has 0 aromatic heterocycles. The van der Waals surface area contributed by atoms with E-state index in [9.17, 15) is 0 Å². The summed E-state index contributed by atoms with van der Waals surface area (Å²) in [5.74, 6) is 0. The van der Waals surface area contributed by atoms with Crippen LogP contribution >= 0.6 is 23.8 Å². The summed E-state index contributed by atoms with van der Waals surface area (Å²) in [6, 6.07) is 18.7. The van der Waals surface area contributed by atoms with Crippen LogP contribution in [0.15, 0.2) is 54.6 Å². The Kier molecular flexibility index (Phi) is 6.86. The molecular weight excluding hydrogens is 366 g/mol. The Hall–Kier alpha value is -1.66. The lowest BCUT2D eigenvalue weighted by molar-refractivity contribution is -0.940. The van der Waals surface area contributed by atoms with Gasteiger partial charge in [-0.15, -0.1) is 0 Å². The lowest BCUT2D eigenvalue weighted by Crippen LogP contribution is -3.15. The number of halogens is 1. The summed E-state index contributed by atoms with van der Waals surface area (Å²) in [6.45, 7) is 5.81. The maximum atomic E-state index is 5.94. The predicted octanol–water partition coefficient (Wildman–Crippen LogP) is 2.67. The number of benzene rings is 2. The van der Waals surface area contributed by atoms with Gasteiger partial charge < -0.3 is 20.3 Å². The first-order valence-electron chi connectivity index (χ1n) is 8.94. The highest BCUT2D eigenvalue weighted by atomic mass is 35.5. The molecule has 4 nitrogen and oxygen atoms in total. The van der Waals surface area contributed by atoms with Gasteiger partial charge in [-0.2, -0.15) is 0 Å². The Bertz CT molecular complexity index is 705. The summed E-state index contributed by atoms with van der Waals surface area (Å²) in [5, 5.41) is 8.03. The first kappa shape index (κ1) is 19.1. The SMILES string of the molecule is C[C@@H](NC(=S)Nc1ccc(Cl)cc1)[C@H](c1ccccc1)[NH+]1CCOCC1. The van der Waals surface area contributed by atoms with Crippen molar-refractivity contribution in [2.24, 2.45) is 0 Å². The van der Waals surface area contributed by atoms with Crippen LogP contribution in [0.4, 0.5) is 5.69 Å². The second-order valence-electron chi connectivity index (χ2n) is 6.55. The minimum Gasteiger partial charge on any atom is -0.370 e. The van der Waals surface area contributed by atoms with Crippen molar-refractivity contribution < 1.29 is 9.64 Å². The van der Waals surface area contributed by atoms with Crippen molar-refractivity contribution in [1.82, 2.24) is 5.32 Å². The minimum absolute atomic E-state index is 0.179. The Balaban J connectivity index is 1.69. The molecule has 0 radical (unpaired) electrons. The van der Waals surface area contributed by atoms with Gasteiger partial charge >= 0.3 is 0 Å². The van der Waals surface area contributed by atoms with Gasteiger partial charge in [0, 0.05) is 16.3 Å². The molecule has 6 heteroatoms. The number of anilines is 1. The summed E-state index contributed by atoms with van der Waals surface area (Å²) in [6.07, 6.45) is 0. The molecule has 1 heterocycles. The standard InChI is InChI=1S/C20H24ClN3OS/c1-15(22-20(26)23-18-9-7-17(21)8-10-18)19(16-5-3-2-4-6-16)24-11-13-25-14-12-24/h2-10,15,19H,11-14H2,1H3,(H2,22,23,26)/p+1/t15-,19-/m1/s1. The average molecular weight is 391 g/mol. The fourth-order valence-corrected chi connectivity index (χ4v) is 3.90. The molecule has 1 aliphatic rings. The summed E-state index contributed by atoms with van der Waals surface area (Å²) in [5.41, 5.74) is 2.24. The van der Waals surface area contributed by atoms with E-state index >= 15 is 0 Å². The molecule has 2 aromatic carbocycles. The molecule has 0 bridgehead atoms. The van der Waals surface area contributed by atoms with E-state index in [0.717, 1.165) is 32.0 Å². The molecule has 0 saturated carbocycles. The van der Waals surface area contributed by atoms with Crippen molar-refractivity contribution in [3.05, 3.63) is 65.2 Å². The smallest absolute Gasteiger partial charge is 0.171 e. The summed E-state index contributed by atoms with van der Waals surface area (Å²) < 4.78 is 5.55. The van der Waals surface area contributed by atoms with Crippen LogP contribution in [0.1, 0.15) is 18.5 Å². The summed E-state index contributed by atoms with van der Waals surface area (Å²) in [4.78, 5) is 1.52. The van der Waals surface area contributed by atoms with E-state index in [-0.39, 0.29) is 6.04 Å². The minimum atomic E-state index is 0.179. The average Bonchev–Trinajstić information content (AvgIpc) is 2.65. The fraction of sp³-hybridized carbons (Fsp3) is 0.350. The Morgan fingerprint density at radius 1 is 1.08 bits per heavy atom. The lowest BCUT2D eigenvalue weighted by Gasteiger charge is -2.35. The fourth-order valence-electron chi connectivity index (χ4n) is 3.47. The van der Waals surface area contributed by atoms with E-state index in [4.69, 9.17) is 28.6 Å². The third-order valence-corrected chi connectivity index (χ3v) is 5.17. The molecule has 0 spiro atoms. The van der Waals surface area contributed by atoms with Crippen LogP contribution in [-0.2, 0) is 4.74 Å². The van der Waals surface area contributed by atoms with E-state index in [1.165, 1.54) is 10.5 Å². The molecule has 1 saturated heterocycles. The van der Waals surface area contributed by atoms with Crippen molar-refractivity contribution in [1.29, 1.82) is 0 Å². The number of rotatable bonds is 5. The molecule has 0 amide bonds. The van der Waals surface area contributed by atoms with Crippen LogP contribution in [0.25, 0.3) is 0 Å². The number of hydrogen-bond acceptors (Lipinski definition) is 2. The van der Waals surface area contributed by atoms with Crippen molar-refractivity contribution in [3.63, 3.8) is 0 Å². The second-order valence-corrected chi connectivity index (χ2v) is 7.40. The molecule has 3 N–H and O–H groups in total. The van der Waals surface area contributed by atoms with Crippen LogP contribution in [-0.4, -0.2) is 37.5 Å². The number of hydrogen-bond donors (Lipinski definition) is 3. The molecule has 3 rings (SSSR count). The predicted molar refractivity (Wildman–Crippen MR) is 111 cm³/mol. The zero-order chi connectivity index (χ0) is 18.4. The maximum absolute atomic E-state index is 5.94. The van der Waals surface area contributed by atoms with E-state index in [1.54, 1.807) is 0 Å². The molecular formula is C20H25ClN3OS+. The second kappa shape index (κ2) is 9.33. The highest BCUT2D eigenvalue weighted by Crippen LogP contribution is 2.16. The number of morpholine rings is 1. The van der Waals surface area contributed by atoms with Gasteiger partial charge in [-0.3, -0.25) is 0 Å². The van der Waals surface area contributed by atoms with E-state index in [0.29, 0.717) is 16.2 Å². The number of nitrogens with one attached hydrogen (secondary N) is 3. The highest BCUT2D eigenvalue weighted by Gasteiger charge is 2.31. The monoisotopic (exact) mass is 390 g/mol. The van der Waals surface area contributed by atoms with Gasteiger partial charge in [-0.1, -0.05) is 41.9 Å². The van der Waals surface area contributed by atoms with Crippen LogP contribution in [0.2, 0.25) is 5.02 Å². The van der Waals surface area contributed by atoms with Gasteiger partial charge in [0.15, 0.2) is 5.11 Å². The number of ether oxygens (including phenoxy) is 1. The van der Waals surface area contributed by atoms with Crippen LogP contribution in [0.3, 0.4) is 0 Å². The molecule has 0 aliphatic carbocycles. The van der Waals surface area contributed by atoms with Crippen LogP contribution in [0, 0.1) is 0 Å². The molecule has 0 unspecified atom stereocenters. The third-order valence-electron chi connectivity index (χ3n) is 4.69. The topological polar surface area (TPSA) is 37.7 Å². The van der Waals surface area contributed by atoms with E-state index in [2.05, 4.69) is 47.9 Å². The maximum Gasteiger partial charge on any atom is 0.171 e. The van der Waals surface area contributed by atoms with Gasteiger partial charge in [0.25, 0.3) is 0 Å². The molecule has 1 fully saturated rings. The molecule has 138 valence electrons. The quantitative estimate of drug-likeness (QED) is 0.686. The Morgan fingerprint density at radius 3 is 2.38 bits per heavy atom. The molecule has 1 aliphatic heterocycles. The van der Waals surface area contributed by atoms with Gasteiger partial charge in [-0.25, -0.2) is 0 Å². The van der Waals surface area contributed by atoms with Crippen molar-refractivity contribution in [2.75, 3.05) is 31.6 Å². The number of quaternary nitrogens is 1. The van der Waals surface area contributed by atoms with Crippen LogP contribution in [0.5, 0.6) is 0 Å². The first-order valence-corrected chi connectivity index (χ1v) is 9.72. The molecule has 2 aromatic rings. The Morgan fingerprint density at radius 2 is 1.73 bits per heavy atom. The van der Waals surface area contributed by atoms with Crippen molar-refractivity contribution >= 4 is 34.6 Å². The summed E-state index contributed by atoms with van der Waals surface area (Å²) in [7, 11) is 0. The van der Waals surface area contributed by atoms with Crippen molar-refractivity contribution in [3.8, 4) is 0 Å². The van der Waals surface area contributed by atoms with E-state index in [1.807, 2.05) is 24.3 Å². The normalized spacial score (nSPS) is 17.3. The third kappa shape index (κ3) is 5.17. The largest absolute Gasteiger partial charge is 0.370 e. The highest BCUT2D eigenvalue weighted by molar-refractivity contribution is 7.80. The Labute approximate surface area is 165 Å². The zero-order valence-electron chi connectivity index (χ0n) is 14.9. The van der Waals surface area contributed by atoms with Crippen molar-refractivity contribution in [2.45, 2.75) is 19.0 Å². The molecule has 2 atom stereocenters. The van der Waals surface area contributed by atoms with E-state index < -0.39 is 0 Å². The van der Waals surface area contributed by atoms with Gasteiger partial charge in [0.2, 0.25) is 0 Å². The first-order chi connectivity index (χ1) is 12.6. The van der Waals surface area contributed by atoms with Crippen LogP contribution < -0.4 is 15.5 Å². The number of thiocarbonyl (C=S) groups is 1. The van der Waals surface area contributed by atoms with Gasteiger partial charge in [0.05, 0.1) is 19.3 Å². The van der Waals surface area contributed by atoms with Gasteiger partial charge in [0.1, 0.15) is 19.1 Å². The molecule has 26 heavy (non-hydrogen) atoms. The van der Waals surface area contributed by atoms with Gasteiger partial charge in [-0.05, 0) is 43.4 Å². The zero-order valence-corrected chi connectivity index (χ0v) is 16.4. The lowest BCUT2D eigenvalue weighted by atomic mass is 9.98.